The van der Waals surface area contributed by atoms with E-state index in [9.17, 15) is 4.79 Å². The van der Waals surface area contributed by atoms with Crippen molar-refractivity contribution in [1.29, 1.82) is 0 Å². The molecule has 29 heavy (non-hydrogen) atoms. The van der Waals surface area contributed by atoms with Crippen LogP contribution in [-0.2, 0) is 4.74 Å². The van der Waals surface area contributed by atoms with Gasteiger partial charge in [0.2, 0.25) is 0 Å². The number of fused-ring (bicyclic) bond motifs is 4. The van der Waals surface area contributed by atoms with Gasteiger partial charge in [-0.05, 0) is 36.8 Å². The maximum Gasteiger partial charge on any atom is 0.356 e. The number of rotatable bonds is 2. The minimum atomic E-state index is -0.472. The largest absolute Gasteiger partial charge is 0.464 e. The number of halogens is 1. The van der Waals surface area contributed by atoms with Gasteiger partial charge in [0.05, 0.1) is 23.8 Å². The lowest BCUT2D eigenvalue weighted by Gasteiger charge is -2.10. The monoisotopic (exact) mass is 401 g/mol. The van der Waals surface area contributed by atoms with Gasteiger partial charge in [0.15, 0.2) is 5.69 Å². The molecule has 0 amide bonds. The Morgan fingerprint density at radius 2 is 1.86 bits per heavy atom. The first kappa shape index (κ1) is 17.6. The van der Waals surface area contributed by atoms with Crippen molar-refractivity contribution in [3.63, 3.8) is 0 Å². The molecule has 3 heterocycles. The molecule has 0 bridgehead atoms. The van der Waals surface area contributed by atoms with Gasteiger partial charge in [-0.2, -0.15) is 0 Å². The van der Waals surface area contributed by atoms with E-state index in [1.54, 1.807) is 0 Å². The van der Waals surface area contributed by atoms with Crippen LogP contribution in [0.3, 0.4) is 0 Å². The number of aryl methyl sites for hydroxylation is 1. The average molecular weight is 402 g/mol. The molecule has 0 saturated carbocycles. The summed E-state index contributed by atoms with van der Waals surface area (Å²) in [4.78, 5) is 25.3. The second-order valence-electron chi connectivity index (χ2n) is 6.88. The molecule has 5 nitrogen and oxygen atoms in total. The summed E-state index contributed by atoms with van der Waals surface area (Å²) in [6, 6.07) is 17.4. The van der Waals surface area contributed by atoms with Crippen LogP contribution in [0.4, 0.5) is 0 Å². The summed E-state index contributed by atoms with van der Waals surface area (Å²) in [5.41, 5.74) is 4.89. The van der Waals surface area contributed by atoms with Crippen LogP contribution in [0.2, 0.25) is 5.02 Å². The number of carbonyl (C=O) groups excluding carboxylic acids is 1. The summed E-state index contributed by atoms with van der Waals surface area (Å²) in [7, 11) is 1.36. The molecule has 0 aliphatic carbocycles. The molecule has 5 aromatic rings. The Bertz CT molecular complexity index is 1440. The number of esters is 1. The van der Waals surface area contributed by atoms with Crippen molar-refractivity contribution in [2.75, 3.05) is 7.11 Å². The molecule has 0 radical (unpaired) electrons. The van der Waals surface area contributed by atoms with Gasteiger partial charge in [-0.15, -0.1) is 0 Å². The number of hydrogen-bond donors (Lipinski definition) is 1. The summed E-state index contributed by atoms with van der Waals surface area (Å²) in [5, 5.41) is 3.56. The summed E-state index contributed by atoms with van der Waals surface area (Å²) in [6.07, 6.45) is 0. The van der Waals surface area contributed by atoms with E-state index in [-0.39, 0.29) is 5.69 Å². The van der Waals surface area contributed by atoms with Crippen LogP contribution in [0.15, 0.2) is 54.6 Å². The quantitative estimate of drug-likeness (QED) is 0.386. The highest BCUT2D eigenvalue weighted by Gasteiger charge is 2.22. The molecule has 0 aliphatic heterocycles. The maximum absolute atomic E-state index is 12.4. The van der Waals surface area contributed by atoms with Gasteiger partial charge in [-0.1, -0.05) is 41.9 Å². The SMILES string of the molecule is COC(=O)c1nc(-c2ccc3ccc(Cl)cc3n2)c2[nH]c3ccccc3c2c1C. The van der Waals surface area contributed by atoms with Gasteiger partial charge in [0.25, 0.3) is 0 Å². The third-order valence-electron chi connectivity index (χ3n) is 5.17. The summed E-state index contributed by atoms with van der Waals surface area (Å²) >= 11 is 6.15. The minimum Gasteiger partial charge on any atom is -0.464 e. The van der Waals surface area contributed by atoms with Gasteiger partial charge in [0.1, 0.15) is 5.69 Å². The number of H-pyrrole nitrogens is 1. The van der Waals surface area contributed by atoms with E-state index in [4.69, 9.17) is 21.3 Å². The summed E-state index contributed by atoms with van der Waals surface area (Å²) in [5.74, 6) is -0.472. The topological polar surface area (TPSA) is 67.9 Å². The van der Waals surface area contributed by atoms with E-state index in [0.29, 0.717) is 16.4 Å². The van der Waals surface area contributed by atoms with E-state index in [0.717, 1.165) is 38.3 Å². The molecule has 0 fully saturated rings. The molecule has 0 saturated heterocycles. The number of aromatic amines is 1. The van der Waals surface area contributed by atoms with Crippen molar-refractivity contribution in [3.05, 3.63) is 70.9 Å². The van der Waals surface area contributed by atoms with Crippen LogP contribution in [0.5, 0.6) is 0 Å². The molecule has 142 valence electrons. The van der Waals surface area contributed by atoms with Crippen LogP contribution in [0.1, 0.15) is 16.1 Å². The number of ether oxygens (including phenoxy) is 1. The van der Waals surface area contributed by atoms with Crippen LogP contribution in [0.25, 0.3) is 44.1 Å². The number of pyridine rings is 2. The maximum atomic E-state index is 12.4. The molecule has 0 spiro atoms. The van der Waals surface area contributed by atoms with Crippen molar-refractivity contribution in [1.82, 2.24) is 15.0 Å². The molecule has 0 aliphatic rings. The molecule has 5 rings (SSSR count). The molecular weight excluding hydrogens is 386 g/mol. The predicted molar refractivity (Wildman–Crippen MR) is 115 cm³/mol. The van der Waals surface area contributed by atoms with Gasteiger partial charge < -0.3 is 9.72 Å². The first-order valence-electron chi connectivity index (χ1n) is 9.13. The number of aromatic nitrogens is 3. The number of carbonyl (C=O) groups is 1. The van der Waals surface area contributed by atoms with Crippen LogP contribution in [0, 0.1) is 6.92 Å². The fraction of sp³-hybridized carbons (Fsp3) is 0.0870. The van der Waals surface area contributed by atoms with Crippen LogP contribution >= 0.6 is 11.6 Å². The van der Waals surface area contributed by atoms with Crippen LogP contribution in [-0.4, -0.2) is 28.0 Å². The third kappa shape index (κ3) is 2.74. The molecule has 0 atom stereocenters. The van der Waals surface area contributed by atoms with Crippen molar-refractivity contribution < 1.29 is 9.53 Å². The fourth-order valence-corrected chi connectivity index (χ4v) is 3.95. The zero-order valence-electron chi connectivity index (χ0n) is 15.8. The first-order valence-corrected chi connectivity index (χ1v) is 9.50. The molecule has 0 unspecified atom stereocenters. The normalized spacial score (nSPS) is 11.4. The van der Waals surface area contributed by atoms with Crippen molar-refractivity contribution in [2.45, 2.75) is 6.92 Å². The average Bonchev–Trinajstić information content (AvgIpc) is 3.13. The molecule has 2 aromatic carbocycles. The smallest absolute Gasteiger partial charge is 0.356 e. The molecule has 3 aromatic heterocycles. The Morgan fingerprint density at radius 1 is 1.07 bits per heavy atom. The van der Waals surface area contributed by atoms with E-state index in [2.05, 4.69) is 9.97 Å². The lowest BCUT2D eigenvalue weighted by Crippen LogP contribution is -2.08. The molecule has 1 N–H and O–H groups in total. The zero-order chi connectivity index (χ0) is 20.1. The Hall–Kier alpha value is -3.44. The highest BCUT2D eigenvalue weighted by molar-refractivity contribution is 6.31. The lowest BCUT2D eigenvalue weighted by molar-refractivity contribution is 0.0593. The van der Waals surface area contributed by atoms with Gasteiger partial charge in [0, 0.05) is 26.7 Å². The van der Waals surface area contributed by atoms with Crippen LogP contribution < -0.4 is 0 Å². The summed E-state index contributed by atoms with van der Waals surface area (Å²) in [6.45, 7) is 1.89. The van der Waals surface area contributed by atoms with E-state index >= 15 is 0 Å². The number of para-hydroxylation sites is 1. The minimum absolute atomic E-state index is 0.285. The number of nitrogens with zero attached hydrogens (tertiary/aromatic N) is 2. The number of methoxy groups -OCH3 is 1. The Morgan fingerprint density at radius 3 is 2.69 bits per heavy atom. The Balaban J connectivity index is 1.90. The van der Waals surface area contributed by atoms with E-state index in [1.807, 2.05) is 61.5 Å². The fourth-order valence-electron chi connectivity index (χ4n) is 3.78. The Kier molecular flexibility index (Phi) is 4.00. The van der Waals surface area contributed by atoms with Crippen molar-refractivity contribution in [2.24, 2.45) is 0 Å². The number of benzene rings is 2. The number of hydrogen-bond acceptors (Lipinski definition) is 4. The molecular formula is C23H16ClN3O2. The van der Waals surface area contributed by atoms with E-state index < -0.39 is 5.97 Å². The van der Waals surface area contributed by atoms with Gasteiger partial charge in [-0.25, -0.2) is 14.8 Å². The third-order valence-corrected chi connectivity index (χ3v) is 5.41. The molecule has 6 heteroatoms. The van der Waals surface area contributed by atoms with Crippen molar-refractivity contribution in [3.8, 4) is 11.4 Å². The second-order valence-corrected chi connectivity index (χ2v) is 7.32. The van der Waals surface area contributed by atoms with E-state index in [1.165, 1.54) is 7.11 Å². The highest BCUT2D eigenvalue weighted by atomic mass is 35.5. The first-order chi connectivity index (χ1) is 14.1. The van der Waals surface area contributed by atoms with Gasteiger partial charge in [-0.3, -0.25) is 0 Å². The summed E-state index contributed by atoms with van der Waals surface area (Å²) < 4.78 is 4.98. The highest BCUT2D eigenvalue weighted by Crippen LogP contribution is 2.35. The van der Waals surface area contributed by atoms with Crippen molar-refractivity contribution >= 4 is 50.3 Å². The second kappa shape index (κ2) is 6.57. The Labute approximate surface area is 171 Å². The standard InChI is InChI=1S/C23H16ClN3O2/c1-12-19-15-5-3-4-6-16(15)26-22(19)21(27-20(12)23(28)29-2)17-10-8-13-7-9-14(24)11-18(13)25-17/h3-11,26H,1-2H3. The number of nitrogens with one attached hydrogen (secondary N) is 1. The zero-order valence-corrected chi connectivity index (χ0v) is 16.5. The van der Waals surface area contributed by atoms with Gasteiger partial charge >= 0.3 is 5.97 Å². The predicted octanol–water partition coefficient (Wildman–Crippen LogP) is 5.68. The lowest BCUT2D eigenvalue weighted by atomic mass is 10.0.